The molecule has 0 aliphatic carbocycles. The number of anilines is 2. The van der Waals surface area contributed by atoms with E-state index in [2.05, 4.69) is 48.3 Å². The van der Waals surface area contributed by atoms with Crippen molar-refractivity contribution in [2.45, 2.75) is 5.22 Å². The molecule has 3 aromatic rings. The molecule has 1 aromatic heterocycles. The van der Waals surface area contributed by atoms with Crippen LogP contribution in [0.3, 0.4) is 0 Å². The molecule has 0 spiro atoms. The van der Waals surface area contributed by atoms with Crippen LogP contribution < -0.4 is 10.2 Å². The first-order valence-corrected chi connectivity index (χ1v) is 11.9. The van der Waals surface area contributed by atoms with Crippen LogP contribution in [0.1, 0.15) is 0 Å². The van der Waals surface area contributed by atoms with Gasteiger partial charge in [0.05, 0.1) is 22.2 Å². The molecule has 1 aliphatic rings. The molecule has 0 radical (unpaired) electrons. The number of likely N-dealkylation sites (N-methyl/N-ethyl adjacent to an activating group) is 1. The highest BCUT2D eigenvalue weighted by Gasteiger charge is 2.21. The number of nitrogens with one attached hydrogen (secondary N) is 1. The lowest BCUT2D eigenvalue weighted by atomic mass is 10.2. The molecule has 10 heteroatoms. The van der Waals surface area contributed by atoms with E-state index in [-0.39, 0.29) is 11.7 Å². The molecule has 1 N–H and O–H groups in total. The summed E-state index contributed by atoms with van der Waals surface area (Å²) in [6, 6.07) is 13.1. The first-order chi connectivity index (χ1) is 15.0. The van der Waals surface area contributed by atoms with Crippen LogP contribution >= 0.6 is 39.3 Å². The highest BCUT2D eigenvalue weighted by molar-refractivity contribution is 9.10. The van der Waals surface area contributed by atoms with E-state index in [0.29, 0.717) is 21.8 Å². The molecule has 2 heterocycles. The smallest absolute Gasteiger partial charge is 0.277 e. The number of rotatable bonds is 6. The Morgan fingerprint density at radius 3 is 2.65 bits per heavy atom. The van der Waals surface area contributed by atoms with Gasteiger partial charge in [-0.2, -0.15) is 0 Å². The molecule has 1 saturated heterocycles. The van der Waals surface area contributed by atoms with Gasteiger partial charge in [-0.25, -0.2) is 0 Å². The van der Waals surface area contributed by atoms with E-state index in [1.54, 1.807) is 0 Å². The third kappa shape index (κ3) is 5.60. The number of hydrogen-bond acceptors (Lipinski definition) is 7. The monoisotopic (exact) mass is 521 g/mol. The van der Waals surface area contributed by atoms with Crippen molar-refractivity contribution in [3.63, 3.8) is 0 Å². The number of hydrogen-bond donors (Lipinski definition) is 1. The summed E-state index contributed by atoms with van der Waals surface area (Å²) in [4.78, 5) is 17.1. The quantitative estimate of drug-likeness (QED) is 0.473. The first kappa shape index (κ1) is 22.1. The van der Waals surface area contributed by atoms with E-state index in [9.17, 15) is 4.79 Å². The van der Waals surface area contributed by atoms with Gasteiger partial charge in [-0.1, -0.05) is 45.4 Å². The number of nitrogens with zero attached hydrogens (tertiary/aromatic N) is 4. The topological polar surface area (TPSA) is 74.5 Å². The zero-order valence-corrected chi connectivity index (χ0v) is 20.0. The first-order valence-electron chi connectivity index (χ1n) is 9.74. The van der Waals surface area contributed by atoms with Crippen molar-refractivity contribution in [3.8, 4) is 11.5 Å². The molecule has 0 atom stereocenters. The molecule has 31 heavy (non-hydrogen) atoms. The zero-order chi connectivity index (χ0) is 21.8. The molecule has 2 aromatic carbocycles. The maximum Gasteiger partial charge on any atom is 0.277 e. The van der Waals surface area contributed by atoms with Crippen molar-refractivity contribution in [3.05, 3.63) is 52.0 Å². The average Bonchev–Trinajstić information content (AvgIpc) is 3.23. The highest BCUT2D eigenvalue weighted by Crippen LogP contribution is 2.35. The Labute approximate surface area is 198 Å². The van der Waals surface area contributed by atoms with Gasteiger partial charge in [-0.05, 0) is 43.4 Å². The SMILES string of the molecule is CN1CCN(c2c(Cl)cccc2NC(=O)CSc2nnc(-c3ccc(Br)cc3)o2)CC1. The molecule has 7 nitrogen and oxygen atoms in total. The zero-order valence-electron chi connectivity index (χ0n) is 16.8. The van der Waals surface area contributed by atoms with Gasteiger partial charge in [0.1, 0.15) is 0 Å². The summed E-state index contributed by atoms with van der Waals surface area (Å²) in [5.41, 5.74) is 2.40. The van der Waals surface area contributed by atoms with E-state index in [0.717, 1.165) is 41.9 Å². The Morgan fingerprint density at radius 1 is 1.16 bits per heavy atom. The molecule has 0 saturated carbocycles. The Balaban J connectivity index is 1.38. The molecule has 4 rings (SSSR count). The molecular formula is C21H21BrClN5O2S. The van der Waals surface area contributed by atoms with Gasteiger partial charge < -0.3 is 19.5 Å². The van der Waals surface area contributed by atoms with Gasteiger partial charge in [0.25, 0.3) is 5.22 Å². The Bertz CT molecular complexity index is 1050. The maximum absolute atomic E-state index is 12.6. The number of carbonyl (C=O) groups excluding carboxylic acids is 1. The fourth-order valence-corrected chi connectivity index (χ4v) is 4.38. The summed E-state index contributed by atoms with van der Waals surface area (Å²) >= 11 is 11.1. The van der Waals surface area contributed by atoms with Gasteiger partial charge in [-0.15, -0.1) is 10.2 Å². The number of thioether (sulfide) groups is 1. The van der Waals surface area contributed by atoms with Gasteiger partial charge >= 0.3 is 0 Å². The van der Waals surface area contributed by atoms with Crippen molar-refractivity contribution < 1.29 is 9.21 Å². The molecule has 1 amide bonds. The summed E-state index contributed by atoms with van der Waals surface area (Å²) in [5, 5.41) is 12.0. The van der Waals surface area contributed by atoms with Gasteiger partial charge in [0.2, 0.25) is 11.8 Å². The molecule has 0 bridgehead atoms. The predicted octanol–water partition coefficient (Wildman–Crippen LogP) is 4.64. The minimum Gasteiger partial charge on any atom is -0.411 e. The second kappa shape index (κ2) is 10.0. The third-order valence-corrected chi connectivity index (χ3v) is 6.56. The summed E-state index contributed by atoms with van der Waals surface area (Å²) in [5.74, 6) is 0.407. The van der Waals surface area contributed by atoms with Gasteiger partial charge in [0.15, 0.2) is 0 Å². The largest absolute Gasteiger partial charge is 0.411 e. The van der Waals surface area contributed by atoms with Crippen LogP contribution in [0.4, 0.5) is 11.4 Å². The van der Waals surface area contributed by atoms with Crippen LogP contribution in [0, 0.1) is 0 Å². The number of para-hydroxylation sites is 1. The molecule has 1 fully saturated rings. The van der Waals surface area contributed by atoms with E-state index in [1.807, 2.05) is 42.5 Å². The van der Waals surface area contributed by atoms with Crippen LogP contribution in [-0.4, -0.2) is 60.0 Å². The fourth-order valence-electron chi connectivity index (χ4n) is 3.26. The van der Waals surface area contributed by atoms with E-state index in [4.69, 9.17) is 16.0 Å². The van der Waals surface area contributed by atoms with Gasteiger partial charge in [0, 0.05) is 36.2 Å². The average molecular weight is 523 g/mol. The minimum atomic E-state index is -0.161. The third-order valence-electron chi connectivity index (χ3n) is 4.90. The number of aromatic nitrogens is 2. The lowest BCUT2D eigenvalue weighted by molar-refractivity contribution is -0.113. The summed E-state index contributed by atoms with van der Waals surface area (Å²) in [7, 11) is 2.10. The lowest BCUT2D eigenvalue weighted by Gasteiger charge is -2.35. The van der Waals surface area contributed by atoms with Crippen LogP contribution in [0.15, 0.2) is 56.6 Å². The summed E-state index contributed by atoms with van der Waals surface area (Å²) in [6.45, 7) is 3.62. The molecule has 0 unspecified atom stereocenters. The van der Waals surface area contributed by atoms with Crippen LogP contribution in [0.5, 0.6) is 0 Å². The van der Waals surface area contributed by atoms with Crippen LogP contribution in [-0.2, 0) is 4.79 Å². The Hall–Kier alpha value is -2.07. The molecule has 162 valence electrons. The minimum absolute atomic E-state index is 0.149. The number of benzene rings is 2. The van der Waals surface area contributed by atoms with Crippen molar-refractivity contribution in [2.24, 2.45) is 0 Å². The van der Waals surface area contributed by atoms with Gasteiger partial charge in [-0.3, -0.25) is 4.79 Å². The molecular weight excluding hydrogens is 502 g/mol. The second-order valence-corrected chi connectivity index (χ2v) is 9.39. The van der Waals surface area contributed by atoms with Crippen molar-refractivity contribution in [1.29, 1.82) is 0 Å². The Morgan fingerprint density at radius 2 is 1.90 bits per heavy atom. The highest BCUT2D eigenvalue weighted by atomic mass is 79.9. The maximum atomic E-state index is 12.6. The van der Waals surface area contributed by atoms with Crippen LogP contribution in [0.25, 0.3) is 11.5 Å². The van der Waals surface area contributed by atoms with Crippen molar-refractivity contribution in [1.82, 2.24) is 15.1 Å². The lowest BCUT2D eigenvalue weighted by Crippen LogP contribution is -2.44. The number of carbonyl (C=O) groups is 1. The van der Waals surface area contributed by atoms with E-state index < -0.39 is 0 Å². The Kier molecular flexibility index (Phi) is 7.16. The number of amides is 1. The molecule has 1 aliphatic heterocycles. The standard InChI is InChI=1S/C21H21BrClN5O2S/c1-27-9-11-28(12-10-27)19-16(23)3-2-4-17(19)24-18(29)13-31-21-26-25-20(30-21)14-5-7-15(22)8-6-14/h2-8H,9-13H2,1H3,(H,24,29). The number of piperazine rings is 1. The van der Waals surface area contributed by atoms with E-state index >= 15 is 0 Å². The summed E-state index contributed by atoms with van der Waals surface area (Å²) < 4.78 is 6.64. The fraction of sp³-hybridized carbons (Fsp3) is 0.286. The normalized spacial score (nSPS) is 14.6. The van der Waals surface area contributed by atoms with Crippen LogP contribution in [0.2, 0.25) is 5.02 Å². The summed E-state index contributed by atoms with van der Waals surface area (Å²) in [6.07, 6.45) is 0. The van der Waals surface area contributed by atoms with Crippen molar-refractivity contribution >= 4 is 56.6 Å². The van der Waals surface area contributed by atoms with E-state index in [1.165, 1.54) is 11.8 Å². The van der Waals surface area contributed by atoms with Crippen molar-refractivity contribution in [2.75, 3.05) is 49.2 Å². The number of halogens is 2. The predicted molar refractivity (Wildman–Crippen MR) is 128 cm³/mol. The second-order valence-electron chi connectivity index (χ2n) is 7.14.